The van der Waals surface area contributed by atoms with Crippen molar-refractivity contribution in [1.29, 1.82) is 0 Å². The second-order valence-corrected chi connectivity index (χ2v) is 4.36. The molecule has 0 N–H and O–H groups in total. The largest absolute Gasteiger partial charge is 0.345 e. The maximum Gasteiger partial charge on any atom is 0.345 e. The molecule has 0 spiro atoms. The fourth-order valence-corrected chi connectivity index (χ4v) is 2.14. The highest BCUT2D eigenvalue weighted by Gasteiger charge is 2.26. The van der Waals surface area contributed by atoms with Crippen LogP contribution < -0.4 is 5.69 Å². The number of aromatic nitrogens is 3. The van der Waals surface area contributed by atoms with Crippen LogP contribution in [-0.2, 0) is 13.6 Å². The highest BCUT2D eigenvalue weighted by Crippen LogP contribution is 2.29. The summed E-state index contributed by atoms with van der Waals surface area (Å²) in [4.78, 5) is 11.6. The summed E-state index contributed by atoms with van der Waals surface area (Å²) in [7, 11) is 1.71. The first kappa shape index (κ1) is 12.4. The lowest BCUT2D eigenvalue weighted by molar-refractivity contribution is 0.242. The van der Waals surface area contributed by atoms with Gasteiger partial charge in [-0.05, 0) is 24.0 Å². The van der Waals surface area contributed by atoms with E-state index in [1.165, 1.54) is 9.25 Å². The lowest BCUT2D eigenvalue weighted by atomic mass is 9.84. The molecule has 0 atom stereocenters. The number of hydrogen-bond donors (Lipinski definition) is 1. The van der Waals surface area contributed by atoms with Crippen LogP contribution in [0, 0.1) is 5.41 Å². The van der Waals surface area contributed by atoms with E-state index in [-0.39, 0.29) is 11.1 Å². The van der Waals surface area contributed by atoms with Gasteiger partial charge in [0.15, 0.2) is 0 Å². The Kier molecular flexibility index (Phi) is 4.02. The fourth-order valence-electron chi connectivity index (χ4n) is 1.59. The topological polar surface area (TPSA) is 39.8 Å². The van der Waals surface area contributed by atoms with Crippen molar-refractivity contribution in [2.75, 3.05) is 5.75 Å². The molecule has 0 fully saturated rings. The fraction of sp³-hybridized carbons (Fsp3) is 0.800. The molecule has 5 heteroatoms. The molecule has 0 saturated carbocycles. The predicted octanol–water partition coefficient (Wildman–Crippen LogP) is 1.32. The van der Waals surface area contributed by atoms with E-state index in [4.69, 9.17) is 0 Å². The molecule has 0 aliphatic heterocycles. The van der Waals surface area contributed by atoms with Crippen LogP contribution >= 0.6 is 12.6 Å². The van der Waals surface area contributed by atoms with E-state index in [0.717, 1.165) is 18.6 Å². The summed E-state index contributed by atoms with van der Waals surface area (Å²) in [5.41, 5.74) is 0.0319. The molecule has 0 amide bonds. The van der Waals surface area contributed by atoms with Crippen LogP contribution in [0.15, 0.2) is 11.1 Å². The van der Waals surface area contributed by atoms with E-state index in [9.17, 15) is 4.79 Å². The van der Waals surface area contributed by atoms with Crippen LogP contribution in [0.4, 0.5) is 0 Å². The van der Waals surface area contributed by atoms with Gasteiger partial charge in [0.05, 0.1) is 6.54 Å². The number of hydrogen-bond acceptors (Lipinski definition) is 3. The van der Waals surface area contributed by atoms with E-state index >= 15 is 0 Å². The van der Waals surface area contributed by atoms with Crippen LogP contribution in [0.25, 0.3) is 0 Å². The zero-order chi connectivity index (χ0) is 11.5. The molecule has 0 aliphatic carbocycles. The van der Waals surface area contributed by atoms with Gasteiger partial charge in [0.25, 0.3) is 0 Å². The smallest absolute Gasteiger partial charge is 0.285 e. The van der Waals surface area contributed by atoms with Crippen LogP contribution in [-0.4, -0.2) is 20.1 Å². The molecule has 0 saturated heterocycles. The minimum absolute atomic E-state index is 0.0527. The van der Waals surface area contributed by atoms with Gasteiger partial charge in [0, 0.05) is 7.05 Å². The van der Waals surface area contributed by atoms with Crippen molar-refractivity contribution in [2.45, 2.75) is 33.2 Å². The predicted molar refractivity (Wildman–Crippen MR) is 64.3 cm³/mol. The Hall–Kier alpha value is -0.710. The number of nitrogens with zero attached hydrogens (tertiary/aromatic N) is 3. The number of aryl methyl sites for hydroxylation is 1. The normalized spacial score (nSPS) is 12.0. The molecule has 0 radical (unpaired) electrons. The third-order valence-corrected chi connectivity index (χ3v) is 3.88. The Morgan fingerprint density at radius 3 is 2.40 bits per heavy atom. The van der Waals surface area contributed by atoms with Crippen molar-refractivity contribution in [3.05, 3.63) is 16.8 Å². The molecular formula is C10H19N3OS. The Morgan fingerprint density at radius 1 is 1.47 bits per heavy atom. The van der Waals surface area contributed by atoms with Gasteiger partial charge in [-0.1, -0.05) is 13.8 Å². The summed E-state index contributed by atoms with van der Waals surface area (Å²) >= 11 is 4.38. The second-order valence-electron chi connectivity index (χ2n) is 4.05. The quantitative estimate of drug-likeness (QED) is 0.774. The Bertz CT molecular complexity index is 357. The molecule has 0 aliphatic rings. The number of rotatable bonds is 5. The van der Waals surface area contributed by atoms with Crippen molar-refractivity contribution in [3.8, 4) is 0 Å². The van der Waals surface area contributed by atoms with Gasteiger partial charge in [-0.25, -0.2) is 9.48 Å². The van der Waals surface area contributed by atoms with Gasteiger partial charge in [-0.3, -0.25) is 4.57 Å². The van der Waals surface area contributed by atoms with E-state index in [0.29, 0.717) is 6.54 Å². The summed E-state index contributed by atoms with van der Waals surface area (Å²) in [6.45, 7) is 4.92. The molecule has 15 heavy (non-hydrogen) atoms. The maximum atomic E-state index is 11.6. The number of thiol groups is 1. The molecule has 86 valence electrons. The lowest BCUT2D eigenvalue weighted by Gasteiger charge is -2.29. The first-order valence-corrected chi connectivity index (χ1v) is 5.91. The zero-order valence-electron chi connectivity index (χ0n) is 9.60. The molecule has 0 bridgehead atoms. The van der Waals surface area contributed by atoms with Crippen molar-refractivity contribution >= 4 is 12.6 Å². The standard InChI is InChI=1S/C10H19N3OS/c1-4-10(5-2,7-15)6-13-9(14)12(3)8-11-13/h8,15H,4-7H2,1-3H3. The average molecular weight is 229 g/mol. The second kappa shape index (κ2) is 4.88. The van der Waals surface area contributed by atoms with Crippen molar-refractivity contribution in [3.63, 3.8) is 0 Å². The molecule has 1 rings (SSSR count). The summed E-state index contributed by atoms with van der Waals surface area (Å²) < 4.78 is 3.03. The van der Waals surface area contributed by atoms with E-state index in [2.05, 4.69) is 31.6 Å². The van der Waals surface area contributed by atoms with E-state index in [1.807, 2.05) is 0 Å². The zero-order valence-corrected chi connectivity index (χ0v) is 10.5. The van der Waals surface area contributed by atoms with Crippen molar-refractivity contribution in [1.82, 2.24) is 14.3 Å². The van der Waals surface area contributed by atoms with Gasteiger partial charge in [0.2, 0.25) is 0 Å². The molecule has 1 heterocycles. The third-order valence-electron chi connectivity index (χ3n) is 3.21. The van der Waals surface area contributed by atoms with Gasteiger partial charge in [-0.15, -0.1) is 0 Å². The average Bonchev–Trinajstić information content (AvgIpc) is 2.57. The van der Waals surface area contributed by atoms with Gasteiger partial charge >= 0.3 is 5.69 Å². The van der Waals surface area contributed by atoms with Crippen LogP contribution in [0.1, 0.15) is 26.7 Å². The van der Waals surface area contributed by atoms with E-state index < -0.39 is 0 Å². The molecule has 0 aromatic carbocycles. The van der Waals surface area contributed by atoms with Gasteiger partial charge in [0.1, 0.15) is 6.33 Å². The SMILES string of the molecule is CCC(CC)(CS)Cn1ncn(C)c1=O. The van der Waals surface area contributed by atoms with E-state index in [1.54, 1.807) is 13.4 Å². The Labute approximate surface area is 95.7 Å². The Morgan fingerprint density at radius 2 is 2.07 bits per heavy atom. The molecule has 1 aromatic rings. The van der Waals surface area contributed by atoms with Gasteiger partial charge in [-0.2, -0.15) is 17.7 Å². The molecule has 0 unspecified atom stereocenters. The lowest BCUT2D eigenvalue weighted by Crippen LogP contribution is -2.34. The maximum absolute atomic E-state index is 11.6. The first-order chi connectivity index (χ1) is 7.08. The summed E-state index contributed by atoms with van der Waals surface area (Å²) in [6.07, 6.45) is 3.57. The first-order valence-electron chi connectivity index (χ1n) is 5.28. The van der Waals surface area contributed by atoms with Crippen molar-refractivity contribution < 1.29 is 0 Å². The highest BCUT2D eigenvalue weighted by atomic mass is 32.1. The monoisotopic (exact) mass is 229 g/mol. The van der Waals surface area contributed by atoms with Crippen LogP contribution in [0.3, 0.4) is 0 Å². The summed E-state index contributed by atoms with van der Waals surface area (Å²) in [6, 6.07) is 0. The third kappa shape index (κ3) is 2.45. The molecule has 1 aromatic heterocycles. The van der Waals surface area contributed by atoms with Gasteiger partial charge < -0.3 is 0 Å². The summed E-state index contributed by atoms with van der Waals surface area (Å²) in [5.74, 6) is 0.781. The van der Waals surface area contributed by atoms with Crippen molar-refractivity contribution in [2.24, 2.45) is 12.5 Å². The Balaban J connectivity index is 2.93. The van der Waals surface area contributed by atoms with Crippen LogP contribution in [0.5, 0.6) is 0 Å². The minimum atomic E-state index is -0.0527. The minimum Gasteiger partial charge on any atom is -0.285 e. The van der Waals surface area contributed by atoms with Crippen LogP contribution in [0.2, 0.25) is 0 Å². The summed E-state index contributed by atoms with van der Waals surface area (Å²) in [5, 5.41) is 4.08. The molecule has 4 nitrogen and oxygen atoms in total. The highest BCUT2D eigenvalue weighted by molar-refractivity contribution is 7.80. The molecular weight excluding hydrogens is 210 g/mol.